The molecule has 0 aliphatic carbocycles. The number of carbonyl (C=O) groups is 1. The third-order valence-electron chi connectivity index (χ3n) is 2.42. The van der Waals surface area contributed by atoms with E-state index in [1.807, 2.05) is 42.6 Å². The number of benzene rings is 1. The average Bonchev–Trinajstić information content (AvgIpc) is 2.44. The molecule has 0 atom stereocenters. The van der Waals surface area contributed by atoms with Gasteiger partial charge in [0, 0.05) is 29.5 Å². The van der Waals surface area contributed by atoms with Gasteiger partial charge in [-0.1, -0.05) is 12.1 Å². The second-order valence-corrected chi connectivity index (χ2v) is 4.97. The van der Waals surface area contributed by atoms with Gasteiger partial charge in [-0.05, 0) is 29.8 Å². The number of rotatable bonds is 6. The van der Waals surface area contributed by atoms with Crippen molar-refractivity contribution in [2.75, 3.05) is 11.1 Å². The fourth-order valence-electron chi connectivity index (χ4n) is 1.55. The summed E-state index contributed by atoms with van der Waals surface area (Å²) in [5, 5.41) is 11.9. The van der Waals surface area contributed by atoms with Crippen LogP contribution in [-0.2, 0) is 11.3 Å². The Kier molecular flexibility index (Phi) is 4.80. The summed E-state index contributed by atoms with van der Waals surface area (Å²) in [6.45, 7) is 0.695. The minimum Gasteiger partial charge on any atom is -0.481 e. The van der Waals surface area contributed by atoms with Gasteiger partial charge in [0.15, 0.2) is 0 Å². The molecule has 2 rings (SSSR count). The molecule has 5 heteroatoms. The molecule has 0 aliphatic rings. The first-order chi connectivity index (χ1) is 9.24. The average molecular weight is 274 g/mol. The molecule has 0 spiro atoms. The Morgan fingerprint density at radius 1 is 1.32 bits per heavy atom. The molecule has 2 N–H and O–H groups in total. The summed E-state index contributed by atoms with van der Waals surface area (Å²) in [5.41, 5.74) is 2.07. The maximum Gasteiger partial charge on any atom is 0.313 e. The minimum absolute atomic E-state index is 0.0755. The Labute approximate surface area is 115 Å². The summed E-state index contributed by atoms with van der Waals surface area (Å²) in [4.78, 5) is 15.5. The highest BCUT2D eigenvalue weighted by molar-refractivity contribution is 8.00. The van der Waals surface area contributed by atoms with E-state index in [9.17, 15) is 4.79 Å². The molecule has 0 saturated carbocycles. The van der Waals surface area contributed by atoms with Crippen LogP contribution in [0, 0.1) is 0 Å². The molecule has 4 nitrogen and oxygen atoms in total. The monoisotopic (exact) mass is 274 g/mol. The normalized spacial score (nSPS) is 10.1. The highest BCUT2D eigenvalue weighted by Crippen LogP contribution is 2.21. The van der Waals surface area contributed by atoms with Crippen molar-refractivity contribution in [3.8, 4) is 0 Å². The van der Waals surface area contributed by atoms with Crippen LogP contribution in [0.25, 0.3) is 0 Å². The summed E-state index contributed by atoms with van der Waals surface area (Å²) in [7, 11) is 0. The standard InChI is InChI=1S/C14H14N2O2S/c17-14(18)10-19-13-5-1-4-12(7-13)16-9-11-3-2-6-15-8-11/h1-8,16H,9-10H2,(H,17,18). The number of aliphatic carboxylic acids is 1. The molecule has 19 heavy (non-hydrogen) atoms. The Bertz CT molecular complexity index is 546. The number of hydrogen-bond donors (Lipinski definition) is 2. The molecule has 0 aliphatic heterocycles. The fraction of sp³-hybridized carbons (Fsp3) is 0.143. The molecule has 1 aromatic carbocycles. The maximum atomic E-state index is 10.5. The van der Waals surface area contributed by atoms with Gasteiger partial charge >= 0.3 is 5.97 Å². The number of thioether (sulfide) groups is 1. The highest BCUT2D eigenvalue weighted by Gasteiger charge is 2.01. The van der Waals surface area contributed by atoms with Crippen LogP contribution in [0.1, 0.15) is 5.56 Å². The van der Waals surface area contributed by atoms with E-state index in [0.29, 0.717) is 6.54 Å². The van der Waals surface area contributed by atoms with Gasteiger partial charge in [0.05, 0.1) is 5.75 Å². The molecule has 0 radical (unpaired) electrons. The van der Waals surface area contributed by atoms with Crippen molar-refractivity contribution in [1.29, 1.82) is 0 Å². The first-order valence-corrected chi connectivity index (χ1v) is 6.80. The van der Waals surface area contributed by atoms with Crippen LogP contribution in [0.2, 0.25) is 0 Å². The fourth-order valence-corrected chi connectivity index (χ4v) is 2.22. The van der Waals surface area contributed by atoms with Crippen molar-refractivity contribution in [2.24, 2.45) is 0 Å². The second-order valence-electron chi connectivity index (χ2n) is 3.93. The van der Waals surface area contributed by atoms with Gasteiger partial charge < -0.3 is 10.4 Å². The first kappa shape index (κ1) is 13.4. The number of nitrogens with one attached hydrogen (secondary N) is 1. The number of pyridine rings is 1. The second kappa shape index (κ2) is 6.80. The van der Waals surface area contributed by atoms with Crippen LogP contribution in [0.4, 0.5) is 5.69 Å². The third-order valence-corrected chi connectivity index (χ3v) is 3.39. The molecule has 0 fully saturated rings. The van der Waals surface area contributed by atoms with Crippen molar-refractivity contribution in [2.45, 2.75) is 11.4 Å². The zero-order valence-corrected chi connectivity index (χ0v) is 11.1. The van der Waals surface area contributed by atoms with Gasteiger partial charge in [-0.25, -0.2) is 0 Å². The van der Waals surface area contributed by atoms with Gasteiger partial charge in [0.25, 0.3) is 0 Å². The van der Waals surface area contributed by atoms with E-state index in [1.54, 1.807) is 6.20 Å². The van der Waals surface area contributed by atoms with Crippen LogP contribution in [0.15, 0.2) is 53.7 Å². The van der Waals surface area contributed by atoms with Crippen LogP contribution in [0.5, 0.6) is 0 Å². The zero-order chi connectivity index (χ0) is 13.5. The van der Waals surface area contributed by atoms with Crippen LogP contribution in [-0.4, -0.2) is 21.8 Å². The van der Waals surface area contributed by atoms with Crippen molar-refractivity contribution >= 4 is 23.4 Å². The summed E-state index contributed by atoms with van der Waals surface area (Å²) < 4.78 is 0. The summed E-state index contributed by atoms with van der Waals surface area (Å²) >= 11 is 1.31. The lowest BCUT2D eigenvalue weighted by Gasteiger charge is -2.07. The summed E-state index contributed by atoms with van der Waals surface area (Å²) in [6.07, 6.45) is 3.56. The van der Waals surface area contributed by atoms with Gasteiger partial charge in [0.2, 0.25) is 0 Å². The Hall–Kier alpha value is -2.01. The molecule has 2 aromatic rings. The predicted molar refractivity (Wildman–Crippen MR) is 76.4 cm³/mol. The minimum atomic E-state index is -0.807. The summed E-state index contributed by atoms with van der Waals surface area (Å²) in [6, 6.07) is 11.6. The lowest BCUT2D eigenvalue weighted by Crippen LogP contribution is -2.00. The largest absolute Gasteiger partial charge is 0.481 e. The molecule has 0 unspecified atom stereocenters. The van der Waals surface area contributed by atoms with E-state index < -0.39 is 5.97 Å². The Balaban J connectivity index is 1.93. The Morgan fingerprint density at radius 3 is 2.95 bits per heavy atom. The van der Waals surface area contributed by atoms with Gasteiger partial charge in [-0.2, -0.15) is 0 Å². The maximum absolute atomic E-state index is 10.5. The first-order valence-electron chi connectivity index (χ1n) is 5.81. The molecule has 0 bridgehead atoms. The van der Waals surface area contributed by atoms with E-state index in [1.165, 1.54) is 11.8 Å². The lowest BCUT2D eigenvalue weighted by atomic mass is 10.2. The quantitative estimate of drug-likeness (QED) is 0.793. The zero-order valence-electron chi connectivity index (χ0n) is 10.2. The number of aromatic nitrogens is 1. The lowest BCUT2D eigenvalue weighted by molar-refractivity contribution is -0.133. The van der Waals surface area contributed by atoms with E-state index in [2.05, 4.69) is 10.3 Å². The molecule has 98 valence electrons. The van der Waals surface area contributed by atoms with E-state index in [4.69, 9.17) is 5.11 Å². The molecule has 1 aromatic heterocycles. The topological polar surface area (TPSA) is 62.2 Å². The number of carboxylic acids is 1. The predicted octanol–water partition coefficient (Wildman–Crippen LogP) is 2.87. The van der Waals surface area contributed by atoms with Gasteiger partial charge in [-0.15, -0.1) is 11.8 Å². The van der Waals surface area contributed by atoms with E-state index in [-0.39, 0.29) is 5.75 Å². The van der Waals surface area contributed by atoms with Crippen LogP contribution in [0.3, 0.4) is 0 Å². The van der Waals surface area contributed by atoms with Crippen molar-refractivity contribution in [1.82, 2.24) is 4.98 Å². The molecule has 1 heterocycles. The number of hydrogen-bond acceptors (Lipinski definition) is 4. The van der Waals surface area contributed by atoms with Crippen molar-refractivity contribution in [3.63, 3.8) is 0 Å². The van der Waals surface area contributed by atoms with Gasteiger partial charge in [0.1, 0.15) is 0 Å². The SMILES string of the molecule is O=C(O)CSc1cccc(NCc2cccnc2)c1. The van der Waals surface area contributed by atoms with Crippen LogP contribution < -0.4 is 5.32 Å². The van der Waals surface area contributed by atoms with Crippen molar-refractivity contribution < 1.29 is 9.90 Å². The molecular formula is C14H14N2O2S. The number of anilines is 1. The molecule has 0 saturated heterocycles. The van der Waals surface area contributed by atoms with E-state index >= 15 is 0 Å². The third kappa shape index (κ3) is 4.63. The number of nitrogens with zero attached hydrogens (tertiary/aromatic N) is 1. The van der Waals surface area contributed by atoms with Gasteiger partial charge in [-0.3, -0.25) is 9.78 Å². The molecular weight excluding hydrogens is 260 g/mol. The Morgan fingerprint density at radius 2 is 2.21 bits per heavy atom. The van der Waals surface area contributed by atoms with E-state index in [0.717, 1.165) is 16.1 Å². The number of carboxylic acid groups (broad SMARTS) is 1. The molecule has 0 amide bonds. The van der Waals surface area contributed by atoms with Crippen LogP contribution >= 0.6 is 11.8 Å². The van der Waals surface area contributed by atoms with Crippen molar-refractivity contribution in [3.05, 3.63) is 54.4 Å². The highest BCUT2D eigenvalue weighted by atomic mass is 32.2. The summed E-state index contributed by atoms with van der Waals surface area (Å²) in [5.74, 6) is -0.731. The smallest absolute Gasteiger partial charge is 0.313 e.